The number of nitrogens with zero attached hydrogens (tertiary/aromatic N) is 2. The SMILES string of the molecule is CCN1C(=O)[C@@](C)(C(=O)Nc2cccc(Cl)c2)Oc2cccnc21. The van der Waals surface area contributed by atoms with Gasteiger partial charge in [0.05, 0.1) is 0 Å². The predicted molar refractivity (Wildman–Crippen MR) is 91.4 cm³/mol. The number of hydrogen-bond acceptors (Lipinski definition) is 4. The molecular weight excluding hydrogens is 330 g/mol. The van der Waals surface area contributed by atoms with Crippen LogP contribution >= 0.6 is 11.6 Å². The highest BCUT2D eigenvalue weighted by molar-refractivity contribution is 6.31. The number of aromatic nitrogens is 1. The number of fused-ring (bicyclic) bond motifs is 1. The Balaban J connectivity index is 1.94. The van der Waals surface area contributed by atoms with Crippen molar-refractivity contribution in [3.8, 4) is 5.75 Å². The molecule has 7 heteroatoms. The minimum absolute atomic E-state index is 0.381. The van der Waals surface area contributed by atoms with Crippen LogP contribution in [0.2, 0.25) is 5.02 Å². The molecule has 1 aliphatic heterocycles. The van der Waals surface area contributed by atoms with Crippen molar-refractivity contribution in [1.29, 1.82) is 0 Å². The van der Waals surface area contributed by atoms with E-state index >= 15 is 0 Å². The van der Waals surface area contributed by atoms with E-state index in [2.05, 4.69) is 10.3 Å². The lowest BCUT2D eigenvalue weighted by molar-refractivity contribution is -0.145. The van der Waals surface area contributed by atoms with E-state index in [4.69, 9.17) is 16.3 Å². The lowest BCUT2D eigenvalue weighted by Crippen LogP contribution is -2.60. The molecule has 1 aliphatic rings. The van der Waals surface area contributed by atoms with E-state index in [9.17, 15) is 9.59 Å². The van der Waals surface area contributed by atoms with Crippen molar-refractivity contribution >= 4 is 34.9 Å². The van der Waals surface area contributed by atoms with Crippen LogP contribution in [-0.2, 0) is 9.59 Å². The van der Waals surface area contributed by atoms with Gasteiger partial charge in [0.2, 0.25) is 0 Å². The van der Waals surface area contributed by atoms with Gasteiger partial charge in [0, 0.05) is 23.5 Å². The van der Waals surface area contributed by atoms with Gasteiger partial charge < -0.3 is 10.1 Å². The molecule has 1 aromatic heterocycles. The van der Waals surface area contributed by atoms with Crippen LogP contribution in [-0.4, -0.2) is 28.9 Å². The highest BCUT2D eigenvalue weighted by Gasteiger charge is 2.50. The van der Waals surface area contributed by atoms with Gasteiger partial charge in [-0.1, -0.05) is 17.7 Å². The normalized spacial score (nSPS) is 19.5. The maximum atomic E-state index is 12.8. The second-order valence-corrected chi connectivity index (χ2v) is 5.91. The third-order valence-corrected chi connectivity index (χ3v) is 4.04. The van der Waals surface area contributed by atoms with Crippen LogP contribution in [0.5, 0.6) is 5.75 Å². The summed E-state index contributed by atoms with van der Waals surface area (Å²) in [6.45, 7) is 3.65. The zero-order valence-electron chi connectivity index (χ0n) is 13.2. The number of pyridine rings is 1. The van der Waals surface area contributed by atoms with E-state index in [1.54, 1.807) is 42.6 Å². The van der Waals surface area contributed by atoms with Gasteiger partial charge in [0.1, 0.15) is 0 Å². The first-order chi connectivity index (χ1) is 11.5. The van der Waals surface area contributed by atoms with Crippen LogP contribution in [0.25, 0.3) is 0 Å². The summed E-state index contributed by atoms with van der Waals surface area (Å²) in [6.07, 6.45) is 1.58. The minimum atomic E-state index is -1.69. The molecule has 0 aliphatic carbocycles. The number of likely N-dealkylation sites (N-methyl/N-ethyl adjacent to an activating group) is 1. The minimum Gasteiger partial charge on any atom is -0.464 e. The van der Waals surface area contributed by atoms with Crippen LogP contribution in [0, 0.1) is 0 Å². The van der Waals surface area contributed by atoms with Crippen molar-refractivity contribution in [3.63, 3.8) is 0 Å². The van der Waals surface area contributed by atoms with Gasteiger partial charge in [-0.2, -0.15) is 0 Å². The zero-order chi connectivity index (χ0) is 17.3. The second kappa shape index (κ2) is 6.13. The Morgan fingerprint density at radius 2 is 2.17 bits per heavy atom. The van der Waals surface area contributed by atoms with Crippen molar-refractivity contribution in [2.24, 2.45) is 0 Å². The van der Waals surface area contributed by atoms with E-state index in [0.29, 0.717) is 28.8 Å². The number of amides is 2. The maximum absolute atomic E-state index is 12.8. The summed E-state index contributed by atoms with van der Waals surface area (Å²) in [5.74, 6) is -0.223. The number of benzene rings is 1. The second-order valence-electron chi connectivity index (χ2n) is 5.47. The quantitative estimate of drug-likeness (QED) is 0.868. The van der Waals surface area contributed by atoms with Gasteiger partial charge in [-0.3, -0.25) is 14.5 Å². The molecule has 6 nitrogen and oxygen atoms in total. The van der Waals surface area contributed by atoms with Gasteiger partial charge in [-0.25, -0.2) is 4.98 Å². The average molecular weight is 346 g/mol. The van der Waals surface area contributed by atoms with Gasteiger partial charge in [0.15, 0.2) is 11.6 Å². The largest absolute Gasteiger partial charge is 0.464 e. The molecule has 3 rings (SSSR count). The Morgan fingerprint density at radius 1 is 1.38 bits per heavy atom. The van der Waals surface area contributed by atoms with Gasteiger partial charge in [-0.15, -0.1) is 0 Å². The standard InChI is InChI=1S/C17H16ClN3O3/c1-3-21-14-13(8-5-9-19-14)24-17(2,16(21)23)15(22)20-12-7-4-6-11(18)10-12/h4-10H,3H2,1-2H3,(H,20,22)/t17-/m1/s1. The predicted octanol–water partition coefficient (Wildman–Crippen LogP) is 2.88. The fourth-order valence-corrected chi connectivity index (χ4v) is 2.73. The highest BCUT2D eigenvalue weighted by atomic mass is 35.5. The molecule has 0 unspecified atom stereocenters. The molecule has 24 heavy (non-hydrogen) atoms. The Hall–Kier alpha value is -2.60. The summed E-state index contributed by atoms with van der Waals surface area (Å²) in [6, 6.07) is 10.1. The number of carbonyl (C=O) groups is 2. The first kappa shape index (κ1) is 16.3. The zero-order valence-corrected chi connectivity index (χ0v) is 14.0. The molecule has 1 atom stereocenters. The summed E-state index contributed by atoms with van der Waals surface area (Å²) in [4.78, 5) is 31.2. The summed E-state index contributed by atoms with van der Waals surface area (Å²) in [7, 11) is 0. The summed E-state index contributed by atoms with van der Waals surface area (Å²) >= 11 is 5.92. The Bertz CT molecular complexity index is 811. The van der Waals surface area contributed by atoms with E-state index in [1.807, 2.05) is 6.92 Å². The van der Waals surface area contributed by atoms with Crippen LogP contribution in [0.15, 0.2) is 42.6 Å². The van der Waals surface area contributed by atoms with E-state index in [0.717, 1.165) is 0 Å². The lowest BCUT2D eigenvalue weighted by Gasteiger charge is -2.38. The molecule has 0 spiro atoms. The molecule has 0 bridgehead atoms. The third-order valence-electron chi connectivity index (χ3n) is 3.81. The van der Waals surface area contributed by atoms with Crippen LogP contribution in [0.3, 0.4) is 0 Å². The molecule has 2 aromatic rings. The third kappa shape index (κ3) is 2.69. The van der Waals surface area contributed by atoms with E-state index in [1.165, 1.54) is 11.8 Å². The molecule has 1 N–H and O–H groups in total. The number of halogens is 1. The number of ether oxygens (including phenoxy) is 1. The molecule has 1 aromatic carbocycles. The van der Waals surface area contributed by atoms with Crippen LogP contribution in [0.1, 0.15) is 13.8 Å². The monoisotopic (exact) mass is 345 g/mol. The fraction of sp³-hybridized carbons (Fsp3) is 0.235. The molecule has 2 heterocycles. The molecule has 0 radical (unpaired) electrons. The van der Waals surface area contributed by atoms with Crippen molar-refractivity contribution in [2.45, 2.75) is 19.4 Å². The number of carbonyl (C=O) groups excluding carboxylic acids is 2. The lowest BCUT2D eigenvalue weighted by atomic mass is 10.0. The number of anilines is 2. The molecule has 2 amide bonds. The molecule has 0 saturated heterocycles. The summed E-state index contributed by atoms with van der Waals surface area (Å²) < 4.78 is 5.73. The maximum Gasteiger partial charge on any atom is 0.282 e. The van der Waals surface area contributed by atoms with Crippen molar-refractivity contribution < 1.29 is 14.3 Å². The van der Waals surface area contributed by atoms with Crippen molar-refractivity contribution in [3.05, 3.63) is 47.6 Å². The Labute approximate surface area is 144 Å². The number of rotatable bonds is 3. The molecule has 0 fully saturated rings. The smallest absolute Gasteiger partial charge is 0.282 e. The first-order valence-electron chi connectivity index (χ1n) is 7.48. The van der Waals surface area contributed by atoms with E-state index < -0.39 is 17.4 Å². The van der Waals surface area contributed by atoms with Crippen molar-refractivity contribution in [1.82, 2.24) is 4.98 Å². The average Bonchev–Trinajstić information content (AvgIpc) is 2.56. The van der Waals surface area contributed by atoms with Crippen LogP contribution in [0.4, 0.5) is 11.5 Å². The number of hydrogen-bond donors (Lipinski definition) is 1. The molecule has 124 valence electrons. The Kier molecular flexibility index (Phi) is 4.15. The highest BCUT2D eigenvalue weighted by Crippen LogP contribution is 2.36. The summed E-state index contributed by atoms with van der Waals surface area (Å²) in [5.41, 5.74) is -1.20. The van der Waals surface area contributed by atoms with Crippen LogP contribution < -0.4 is 15.0 Å². The van der Waals surface area contributed by atoms with Gasteiger partial charge >= 0.3 is 0 Å². The van der Waals surface area contributed by atoms with Gasteiger partial charge in [0.25, 0.3) is 17.4 Å². The fourth-order valence-electron chi connectivity index (χ4n) is 2.54. The molecular formula is C17H16ClN3O3. The first-order valence-corrected chi connectivity index (χ1v) is 7.86. The molecule has 0 saturated carbocycles. The number of nitrogens with one attached hydrogen (secondary N) is 1. The Morgan fingerprint density at radius 3 is 2.88 bits per heavy atom. The summed E-state index contributed by atoms with van der Waals surface area (Å²) in [5, 5.41) is 3.17. The van der Waals surface area contributed by atoms with Gasteiger partial charge in [-0.05, 0) is 44.2 Å². The van der Waals surface area contributed by atoms with E-state index in [-0.39, 0.29) is 0 Å². The van der Waals surface area contributed by atoms with Crippen molar-refractivity contribution in [2.75, 3.05) is 16.8 Å². The topological polar surface area (TPSA) is 71.5 Å².